The predicted octanol–water partition coefficient (Wildman–Crippen LogP) is 3.44. The van der Waals surface area contributed by atoms with Gasteiger partial charge in [-0.2, -0.15) is 15.0 Å². The zero-order chi connectivity index (χ0) is 20.3. The average molecular weight is 412 g/mol. The van der Waals surface area contributed by atoms with Crippen molar-refractivity contribution in [3.05, 3.63) is 17.0 Å². The minimum absolute atomic E-state index is 0.138. The summed E-state index contributed by atoms with van der Waals surface area (Å²) in [5, 5.41) is 4.35. The highest BCUT2D eigenvalue weighted by Crippen LogP contribution is 2.26. The number of aromatic nitrogens is 4. The quantitative estimate of drug-likeness (QED) is 0.474. The van der Waals surface area contributed by atoms with Crippen LogP contribution in [0.25, 0.3) is 11.5 Å². The monoisotopic (exact) mass is 411 g/mol. The lowest BCUT2D eigenvalue weighted by atomic mass is 10.3. The number of hydrogen-bond donors (Lipinski definition) is 3. The van der Waals surface area contributed by atoms with Crippen molar-refractivity contribution in [3.8, 4) is 11.5 Å². The molecule has 0 radical (unpaired) electrons. The number of pyridine rings is 1. The van der Waals surface area contributed by atoms with E-state index in [1.165, 1.54) is 0 Å². The molecule has 0 aliphatic rings. The Labute approximate surface area is 155 Å². The molecule has 7 nitrogen and oxygen atoms in total. The van der Waals surface area contributed by atoms with E-state index in [1.54, 1.807) is 0 Å². The van der Waals surface area contributed by atoms with E-state index in [0.717, 1.165) is 19.9 Å². The van der Waals surface area contributed by atoms with Crippen LogP contribution in [0, 0.1) is 5.82 Å². The van der Waals surface area contributed by atoms with Gasteiger partial charge < -0.3 is 16.4 Å². The maximum atomic E-state index is 14.2. The van der Waals surface area contributed by atoms with Crippen molar-refractivity contribution in [1.82, 2.24) is 19.9 Å². The van der Waals surface area contributed by atoms with Crippen molar-refractivity contribution in [2.75, 3.05) is 16.4 Å². The van der Waals surface area contributed by atoms with E-state index in [2.05, 4.69) is 30.6 Å². The van der Waals surface area contributed by atoms with Gasteiger partial charge in [0.2, 0.25) is 11.9 Å². The summed E-state index contributed by atoms with van der Waals surface area (Å²) in [4.78, 5) is 15.1. The first-order valence-electron chi connectivity index (χ1n) is 7.55. The molecule has 0 amide bonds. The highest BCUT2D eigenvalue weighted by Gasteiger charge is 2.22. The normalized spacial score (nSPS) is 13.7. The molecule has 0 aliphatic carbocycles. The van der Waals surface area contributed by atoms with Gasteiger partial charge in [-0.05, 0) is 13.8 Å². The maximum Gasteiger partial charge on any atom is 0.258 e. The van der Waals surface area contributed by atoms with Gasteiger partial charge >= 0.3 is 0 Å². The average Bonchev–Trinajstić information content (AvgIpc) is 2.57. The predicted molar refractivity (Wildman–Crippen MR) is 90.6 cm³/mol. The van der Waals surface area contributed by atoms with Crippen molar-refractivity contribution >= 4 is 29.2 Å². The van der Waals surface area contributed by atoms with Crippen LogP contribution in [0.2, 0.25) is 5.15 Å². The molecule has 0 aliphatic heterocycles. The first-order chi connectivity index (χ1) is 12.6. The first-order valence-corrected chi connectivity index (χ1v) is 7.93. The van der Waals surface area contributed by atoms with Crippen LogP contribution in [-0.2, 0) is 0 Å². The molecule has 27 heavy (non-hydrogen) atoms. The van der Waals surface area contributed by atoms with Crippen molar-refractivity contribution in [3.63, 3.8) is 0 Å². The number of anilines is 3. The molecule has 0 bridgehead atoms. The van der Waals surface area contributed by atoms with Gasteiger partial charge in [0.25, 0.3) is 12.9 Å². The smallest absolute Gasteiger partial charge is 0.258 e. The van der Waals surface area contributed by atoms with Crippen LogP contribution in [0.5, 0.6) is 0 Å². The van der Waals surface area contributed by atoms with E-state index in [0.29, 0.717) is 0 Å². The standard InChI is InChI=1S/C14H15ClF5N7/c1-4(10(17)18)22-13-25-12(8-6(16)3-7(21)9(15)24-8)26-14(27-13)23-5(2)11(19)20/h3-5,10-11H,21H2,1-2H3,(H2,22,23,25,26,27). The fraction of sp³-hybridized carbons (Fsp3) is 0.429. The number of rotatable bonds is 7. The molecule has 0 fully saturated rings. The van der Waals surface area contributed by atoms with Gasteiger partial charge in [0, 0.05) is 6.07 Å². The molecule has 2 rings (SSSR count). The van der Waals surface area contributed by atoms with Crippen molar-refractivity contribution < 1.29 is 22.0 Å². The van der Waals surface area contributed by atoms with Crippen LogP contribution >= 0.6 is 11.6 Å². The highest BCUT2D eigenvalue weighted by atomic mass is 35.5. The molecular weight excluding hydrogens is 397 g/mol. The topological polar surface area (TPSA) is 102 Å². The number of alkyl halides is 4. The summed E-state index contributed by atoms with van der Waals surface area (Å²) in [5.74, 6) is -2.11. The van der Waals surface area contributed by atoms with Gasteiger partial charge in [-0.1, -0.05) is 11.6 Å². The summed E-state index contributed by atoms with van der Waals surface area (Å²) < 4.78 is 65.2. The number of nitrogen functional groups attached to an aromatic ring is 1. The Hall–Kier alpha value is -2.50. The van der Waals surface area contributed by atoms with Crippen molar-refractivity contribution in [2.24, 2.45) is 0 Å². The van der Waals surface area contributed by atoms with Crippen LogP contribution in [0.4, 0.5) is 39.5 Å². The van der Waals surface area contributed by atoms with Gasteiger partial charge in [-0.25, -0.2) is 26.9 Å². The van der Waals surface area contributed by atoms with Crippen LogP contribution in [0.15, 0.2) is 6.07 Å². The second-order valence-electron chi connectivity index (χ2n) is 5.54. The Morgan fingerprint density at radius 1 is 0.926 bits per heavy atom. The largest absolute Gasteiger partial charge is 0.396 e. The highest BCUT2D eigenvalue weighted by molar-refractivity contribution is 6.31. The van der Waals surface area contributed by atoms with E-state index in [4.69, 9.17) is 17.3 Å². The van der Waals surface area contributed by atoms with Crippen LogP contribution in [-0.4, -0.2) is 44.9 Å². The van der Waals surface area contributed by atoms with E-state index >= 15 is 0 Å². The third-order valence-electron chi connectivity index (χ3n) is 3.27. The number of nitrogens with zero attached hydrogens (tertiary/aromatic N) is 4. The summed E-state index contributed by atoms with van der Waals surface area (Å²) in [5.41, 5.74) is 4.86. The summed E-state index contributed by atoms with van der Waals surface area (Å²) in [6, 6.07) is -1.86. The zero-order valence-corrected chi connectivity index (χ0v) is 14.8. The van der Waals surface area contributed by atoms with Crippen molar-refractivity contribution in [1.29, 1.82) is 0 Å². The maximum absolute atomic E-state index is 14.2. The van der Waals surface area contributed by atoms with E-state index in [9.17, 15) is 22.0 Å². The fourth-order valence-corrected chi connectivity index (χ4v) is 1.92. The summed E-state index contributed by atoms with van der Waals surface area (Å²) in [7, 11) is 0. The minimum Gasteiger partial charge on any atom is -0.396 e. The van der Waals surface area contributed by atoms with Crippen LogP contribution < -0.4 is 16.4 Å². The molecule has 2 unspecified atom stereocenters. The number of hydrogen-bond acceptors (Lipinski definition) is 7. The lowest BCUT2D eigenvalue weighted by molar-refractivity contribution is 0.130. The Balaban J connectivity index is 2.50. The Morgan fingerprint density at radius 3 is 1.85 bits per heavy atom. The second kappa shape index (κ2) is 8.46. The Kier molecular flexibility index (Phi) is 6.52. The number of nitrogens with one attached hydrogen (secondary N) is 2. The molecule has 4 N–H and O–H groups in total. The Morgan fingerprint density at radius 2 is 1.41 bits per heavy atom. The third-order valence-corrected chi connectivity index (χ3v) is 3.58. The Bertz CT molecular complexity index is 773. The SMILES string of the molecule is CC(Nc1nc(NC(C)C(F)F)nc(-c2nc(Cl)c(N)cc2F)n1)C(F)F. The number of halogens is 6. The van der Waals surface area contributed by atoms with Gasteiger partial charge in [-0.15, -0.1) is 0 Å². The molecule has 0 spiro atoms. The van der Waals surface area contributed by atoms with E-state index in [1.807, 2.05) is 0 Å². The lowest BCUT2D eigenvalue weighted by Crippen LogP contribution is -2.28. The van der Waals surface area contributed by atoms with Gasteiger partial charge in [0.1, 0.15) is 5.69 Å². The minimum atomic E-state index is -2.76. The summed E-state index contributed by atoms with van der Waals surface area (Å²) >= 11 is 5.76. The van der Waals surface area contributed by atoms with Gasteiger partial charge in [-0.3, -0.25) is 0 Å². The molecular formula is C14H15ClF5N7. The second-order valence-corrected chi connectivity index (χ2v) is 5.90. The molecule has 0 aromatic carbocycles. The third kappa shape index (κ3) is 5.25. The summed E-state index contributed by atoms with van der Waals surface area (Å²) in [6.45, 7) is 2.31. The van der Waals surface area contributed by atoms with Gasteiger partial charge in [0.15, 0.2) is 16.8 Å². The fourth-order valence-electron chi connectivity index (χ4n) is 1.78. The molecule has 0 saturated heterocycles. The molecule has 148 valence electrons. The molecule has 0 saturated carbocycles. The van der Waals surface area contributed by atoms with Crippen LogP contribution in [0.3, 0.4) is 0 Å². The number of nitrogens with two attached hydrogens (primary N) is 1. The zero-order valence-electron chi connectivity index (χ0n) is 14.0. The molecule has 2 aromatic rings. The molecule has 2 heterocycles. The van der Waals surface area contributed by atoms with E-state index in [-0.39, 0.29) is 22.7 Å². The van der Waals surface area contributed by atoms with Crippen molar-refractivity contribution in [2.45, 2.75) is 38.8 Å². The molecule has 2 atom stereocenters. The molecule has 2 aromatic heterocycles. The first kappa shape index (κ1) is 20.8. The lowest BCUT2D eigenvalue weighted by Gasteiger charge is -2.16. The summed E-state index contributed by atoms with van der Waals surface area (Å²) in [6.07, 6.45) is -5.52. The van der Waals surface area contributed by atoms with Gasteiger partial charge in [0.05, 0.1) is 17.8 Å². The van der Waals surface area contributed by atoms with E-state index < -0.39 is 42.3 Å². The van der Waals surface area contributed by atoms with Crippen LogP contribution in [0.1, 0.15) is 13.8 Å². The molecule has 13 heteroatoms.